The second-order valence-corrected chi connectivity index (χ2v) is 15.1. The van der Waals surface area contributed by atoms with Crippen molar-refractivity contribution in [1.29, 1.82) is 0 Å². The summed E-state index contributed by atoms with van der Waals surface area (Å²) in [4.78, 5) is 63.9. The first-order valence-corrected chi connectivity index (χ1v) is 22.5. The summed E-state index contributed by atoms with van der Waals surface area (Å²) in [6.07, 6.45) is -0.445. The van der Waals surface area contributed by atoms with Gasteiger partial charge < -0.3 is 0 Å². The Hall–Kier alpha value is -1.17. The van der Waals surface area contributed by atoms with Crippen LogP contribution in [-0.4, -0.2) is 52.3 Å². The van der Waals surface area contributed by atoms with E-state index in [1.54, 1.807) is 36.4 Å². The predicted octanol–water partition coefficient (Wildman–Crippen LogP) is 2.14. The quantitative estimate of drug-likeness (QED) is 0.286. The first-order chi connectivity index (χ1) is 21.5. The number of carbonyl (C=O) groups is 5. The van der Waals surface area contributed by atoms with Gasteiger partial charge in [0.15, 0.2) is 0 Å². The molecule has 0 radical (unpaired) electrons. The number of aliphatic hydroxyl groups excluding tert-OH is 2. The number of aliphatic hydroxyl groups is 2. The Kier molecular flexibility index (Phi) is 11.3. The molecular weight excluding hydrogens is 1350 g/mol. The van der Waals surface area contributed by atoms with E-state index in [4.69, 9.17) is 20.1 Å². The van der Waals surface area contributed by atoms with Gasteiger partial charge >= 0.3 is 327 Å². The number of carbonyl (C=O) groups excluding carboxylic acids is 5. The summed E-state index contributed by atoms with van der Waals surface area (Å²) in [6.45, 7) is 0. The molecule has 4 aliphatic rings. The summed E-state index contributed by atoms with van der Waals surface area (Å²) in [5, 5.41) is 22.9. The monoisotopic (exact) mass is 1370 g/mol. The average Bonchev–Trinajstić information content (AvgIpc) is 3.33. The van der Waals surface area contributed by atoms with Crippen molar-refractivity contribution >= 4 is 29.8 Å². The Morgan fingerprint density at radius 2 is 1.13 bits per heavy atom. The van der Waals surface area contributed by atoms with E-state index >= 15 is 0 Å². The zero-order chi connectivity index (χ0) is 32.6. The molecule has 4 unspecified atom stereocenters. The van der Waals surface area contributed by atoms with E-state index in [1.807, 2.05) is 0 Å². The van der Waals surface area contributed by atoms with Crippen molar-refractivity contribution in [2.45, 2.75) is 43.5 Å². The van der Waals surface area contributed by atoms with Crippen molar-refractivity contribution in [3.05, 3.63) is 81.4 Å². The number of hydrogen-bond acceptors (Lipinski definition) is 13. The first kappa shape index (κ1) is 35.1. The van der Waals surface area contributed by atoms with Crippen molar-refractivity contribution in [2.24, 2.45) is 11.8 Å². The van der Waals surface area contributed by atoms with E-state index < -0.39 is 59.5 Å². The van der Waals surface area contributed by atoms with Gasteiger partial charge in [-0.3, -0.25) is 0 Å². The molecule has 0 saturated carbocycles. The number of fused-ring (bicyclic) bond motifs is 6. The Balaban J connectivity index is 1.80. The Bertz CT molecular complexity index is 1530. The molecule has 5 rings (SSSR count). The molecule has 1 saturated heterocycles. The first-order valence-electron chi connectivity index (χ1n) is 13.5. The SMILES string of the molecule is O=C(CC1=CC2C(OC3C(CC(=O)[O][Hg])=C(O)C(CC(=O)[O][Hg])=CC3C23OC(=O)c2ccccc23)C(CC(=O)[O][Hg])=C1O)[O][Hg]. The molecule has 2 aliphatic heterocycles. The van der Waals surface area contributed by atoms with Gasteiger partial charge in [0, 0.05) is 0 Å². The molecule has 2 heterocycles. The van der Waals surface area contributed by atoms with Crippen molar-refractivity contribution in [1.82, 2.24) is 0 Å². The van der Waals surface area contributed by atoms with Crippen molar-refractivity contribution in [3.8, 4) is 0 Å². The minimum atomic E-state index is -1.58. The maximum atomic E-state index is 13.5. The number of esters is 1. The number of ether oxygens (including phenoxy) is 2. The van der Waals surface area contributed by atoms with Crippen molar-refractivity contribution in [2.75, 3.05) is 0 Å². The number of benzene rings is 1. The zero-order valence-corrected chi connectivity index (χ0v) is 45.8. The summed E-state index contributed by atoms with van der Waals surface area (Å²) < 4.78 is 33.3. The van der Waals surface area contributed by atoms with Gasteiger partial charge in [0.05, 0.1) is 0 Å². The van der Waals surface area contributed by atoms with Crippen LogP contribution in [0.3, 0.4) is 0 Å². The fourth-order valence-electron chi connectivity index (χ4n) is 6.53. The molecule has 0 amide bonds. The normalized spacial score (nSPS) is 26.6. The number of hydrogen-bond donors (Lipinski definition) is 2. The van der Waals surface area contributed by atoms with Gasteiger partial charge in [0.1, 0.15) is 0 Å². The maximum absolute atomic E-state index is 13.5. The molecular formula is C28H20Hg4O13. The molecule has 1 aromatic carbocycles. The summed E-state index contributed by atoms with van der Waals surface area (Å²) in [7, 11) is 0. The van der Waals surface area contributed by atoms with Crippen LogP contribution in [0.5, 0.6) is 0 Å². The molecule has 1 spiro atoms. The van der Waals surface area contributed by atoms with Crippen LogP contribution >= 0.6 is 0 Å². The van der Waals surface area contributed by atoms with Crippen LogP contribution in [-0.2, 0) is 151 Å². The molecule has 2 aliphatic carbocycles. The molecule has 17 heteroatoms. The topological polar surface area (TPSA) is 181 Å². The van der Waals surface area contributed by atoms with E-state index in [0.29, 0.717) is 5.56 Å². The Morgan fingerprint density at radius 1 is 0.711 bits per heavy atom. The Labute approximate surface area is 323 Å². The molecule has 0 bridgehead atoms. The van der Waals surface area contributed by atoms with Gasteiger partial charge in [-0.05, 0) is 0 Å². The fraction of sp³-hybridized carbons (Fsp3) is 0.321. The van der Waals surface area contributed by atoms with E-state index in [2.05, 4.69) is 0 Å². The molecule has 4 atom stereocenters. The average molecular weight is 1370 g/mol. The molecule has 218 valence electrons. The van der Waals surface area contributed by atoms with Gasteiger partial charge in [-0.25, -0.2) is 0 Å². The number of allylic oxidation sites excluding steroid dienone is 2. The third kappa shape index (κ3) is 6.50. The van der Waals surface area contributed by atoms with Gasteiger partial charge in [0.25, 0.3) is 0 Å². The fourth-order valence-corrected chi connectivity index (χ4v) is 8.12. The van der Waals surface area contributed by atoms with E-state index in [-0.39, 0.29) is 171 Å². The zero-order valence-electron chi connectivity index (χ0n) is 23.8. The summed E-state index contributed by atoms with van der Waals surface area (Å²) >= 11 is -1.34. The Morgan fingerprint density at radius 3 is 1.58 bits per heavy atom. The van der Waals surface area contributed by atoms with Crippen LogP contribution in [0.2, 0.25) is 0 Å². The van der Waals surface area contributed by atoms with Crippen LogP contribution in [0.4, 0.5) is 0 Å². The summed E-state index contributed by atoms with van der Waals surface area (Å²) in [5.74, 6) is -5.54. The van der Waals surface area contributed by atoms with Crippen LogP contribution in [0.15, 0.2) is 70.2 Å². The van der Waals surface area contributed by atoms with E-state index in [1.165, 1.54) is 0 Å². The van der Waals surface area contributed by atoms with Crippen LogP contribution < -0.4 is 0 Å². The third-order valence-corrected chi connectivity index (χ3v) is 13.4. The summed E-state index contributed by atoms with van der Waals surface area (Å²) in [5.41, 5.74) is -0.317. The number of rotatable bonds is 8. The van der Waals surface area contributed by atoms with Crippen molar-refractivity contribution in [3.63, 3.8) is 0 Å². The predicted molar refractivity (Wildman–Crippen MR) is 127 cm³/mol. The minimum absolute atomic E-state index is 0.0980. The van der Waals surface area contributed by atoms with Crippen LogP contribution in [0.25, 0.3) is 0 Å². The van der Waals surface area contributed by atoms with Crippen LogP contribution in [0.1, 0.15) is 41.6 Å². The van der Waals surface area contributed by atoms with Crippen LogP contribution in [0, 0.1) is 11.8 Å². The van der Waals surface area contributed by atoms with E-state index in [9.17, 15) is 34.2 Å². The molecule has 13 nitrogen and oxygen atoms in total. The molecule has 2 N–H and O–H groups in total. The summed E-state index contributed by atoms with van der Waals surface area (Å²) in [6, 6.07) is 6.75. The molecule has 1 fully saturated rings. The standard InChI is InChI=1S/C28H24O13.4Hg/c29-19(30)7-11-5-17-25(14(23(11)37)9-21(33)34)40-26-15(10-22(35)36)24(38)12(8-20(31)32)6-18(26)28(17)16-4-2-1-3-13(16)27(39)41-28;;;;/h1-6,17-18,25-26,37-38H,7-10H2,(H,29,30)(H,31,32)(H,33,34)(H,35,36);;;;/q;4*+1/p-4. The molecule has 45 heavy (non-hydrogen) atoms. The molecule has 0 aromatic heterocycles. The van der Waals surface area contributed by atoms with Gasteiger partial charge in [-0.2, -0.15) is 0 Å². The van der Waals surface area contributed by atoms with E-state index in [0.717, 1.165) is 0 Å². The van der Waals surface area contributed by atoms with Gasteiger partial charge in [-0.15, -0.1) is 0 Å². The van der Waals surface area contributed by atoms with Gasteiger partial charge in [0.2, 0.25) is 0 Å². The molecule has 1 aromatic rings. The second kappa shape index (κ2) is 14.5. The van der Waals surface area contributed by atoms with Crippen molar-refractivity contribution < 1.29 is 161 Å². The van der Waals surface area contributed by atoms with Gasteiger partial charge in [-0.1, -0.05) is 0 Å². The second-order valence-electron chi connectivity index (χ2n) is 10.7. The third-order valence-electron chi connectivity index (χ3n) is 8.41.